The van der Waals surface area contributed by atoms with Gasteiger partial charge in [0.2, 0.25) is 0 Å². The molecule has 6 rings (SSSR count). The molecule has 0 amide bonds. The van der Waals surface area contributed by atoms with Crippen molar-refractivity contribution < 1.29 is 14.3 Å². The summed E-state index contributed by atoms with van der Waals surface area (Å²) in [6, 6.07) is 28.8. The third-order valence-corrected chi connectivity index (χ3v) is 7.34. The first-order valence-corrected chi connectivity index (χ1v) is 12.0. The van der Waals surface area contributed by atoms with E-state index in [0.29, 0.717) is 17.9 Å². The van der Waals surface area contributed by atoms with Crippen molar-refractivity contribution in [2.75, 3.05) is 19.5 Å². The van der Waals surface area contributed by atoms with Gasteiger partial charge in [-0.2, -0.15) is 0 Å². The number of hydrogen-bond acceptors (Lipinski definition) is 4. The van der Waals surface area contributed by atoms with Crippen molar-refractivity contribution in [3.63, 3.8) is 0 Å². The molecule has 4 aromatic rings. The maximum atomic E-state index is 13.9. The standard InChI is InChI=1S/C31H27NO3/c1-34-27-15-13-21(18-28(27)35-2)31-30-24(16-22(17-26(30)33)19-8-4-3-5-9-19)29-23-11-7-6-10-20(23)12-14-25(29)32-31/h3-15,18,22,31-32H,16-17H2,1-2H3/t22-,31-/m1/s1. The third-order valence-electron chi connectivity index (χ3n) is 7.34. The lowest BCUT2D eigenvalue weighted by atomic mass is 9.71. The van der Waals surface area contributed by atoms with E-state index >= 15 is 0 Å². The highest BCUT2D eigenvalue weighted by atomic mass is 16.5. The topological polar surface area (TPSA) is 47.6 Å². The van der Waals surface area contributed by atoms with Gasteiger partial charge < -0.3 is 14.8 Å². The van der Waals surface area contributed by atoms with Crippen LogP contribution in [0.2, 0.25) is 0 Å². The predicted octanol–water partition coefficient (Wildman–Crippen LogP) is 6.92. The Kier molecular flexibility index (Phi) is 5.29. The van der Waals surface area contributed by atoms with Crippen LogP contribution in [0.25, 0.3) is 16.3 Å². The fraction of sp³-hybridized carbons (Fsp3) is 0.194. The van der Waals surface area contributed by atoms with Crippen LogP contribution in [0.3, 0.4) is 0 Å². The Morgan fingerprint density at radius 2 is 1.54 bits per heavy atom. The van der Waals surface area contributed by atoms with Crippen LogP contribution >= 0.6 is 0 Å². The Morgan fingerprint density at radius 1 is 0.771 bits per heavy atom. The quantitative estimate of drug-likeness (QED) is 0.358. The molecule has 1 aliphatic carbocycles. The summed E-state index contributed by atoms with van der Waals surface area (Å²) in [4.78, 5) is 13.9. The first kappa shape index (κ1) is 21.5. The van der Waals surface area contributed by atoms with Crippen molar-refractivity contribution in [3.8, 4) is 11.5 Å². The molecule has 0 saturated heterocycles. The minimum atomic E-state index is -0.248. The van der Waals surface area contributed by atoms with Gasteiger partial charge in [0.15, 0.2) is 17.3 Å². The number of benzene rings is 4. The molecule has 4 nitrogen and oxygen atoms in total. The van der Waals surface area contributed by atoms with Gasteiger partial charge in [-0.15, -0.1) is 0 Å². The number of nitrogens with one attached hydrogen (secondary N) is 1. The zero-order valence-corrected chi connectivity index (χ0v) is 19.9. The smallest absolute Gasteiger partial charge is 0.162 e. The first-order valence-electron chi connectivity index (χ1n) is 12.0. The average Bonchev–Trinajstić information content (AvgIpc) is 2.92. The number of rotatable bonds is 4. The Labute approximate surface area is 205 Å². The Hall–Kier alpha value is -4.05. The summed E-state index contributed by atoms with van der Waals surface area (Å²) in [6.07, 6.45) is 1.34. The minimum absolute atomic E-state index is 0.165. The second-order valence-corrected chi connectivity index (χ2v) is 9.23. The first-order chi connectivity index (χ1) is 17.2. The molecule has 0 unspecified atom stereocenters. The Morgan fingerprint density at radius 3 is 2.34 bits per heavy atom. The van der Waals surface area contributed by atoms with Crippen molar-refractivity contribution in [2.24, 2.45) is 0 Å². The van der Waals surface area contributed by atoms with Crippen LogP contribution in [0.15, 0.2) is 90.5 Å². The number of carbonyl (C=O) groups excluding carboxylic acids is 1. The van der Waals surface area contributed by atoms with Gasteiger partial charge in [0.05, 0.1) is 20.3 Å². The SMILES string of the molecule is COc1ccc([C@H]2Nc3ccc4ccccc4c3C3=C2C(=O)C[C@H](c2ccccc2)C3)cc1OC. The monoisotopic (exact) mass is 461 g/mol. The normalized spacial score (nSPS) is 19.1. The molecule has 0 saturated carbocycles. The van der Waals surface area contributed by atoms with E-state index in [-0.39, 0.29) is 17.7 Å². The molecule has 0 bridgehead atoms. The molecule has 0 aromatic heterocycles. The Bertz CT molecular complexity index is 1470. The summed E-state index contributed by atoms with van der Waals surface area (Å²) in [7, 11) is 3.27. The Balaban J connectivity index is 1.56. The fourth-order valence-electron chi connectivity index (χ4n) is 5.69. The van der Waals surface area contributed by atoms with E-state index in [4.69, 9.17) is 9.47 Å². The highest BCUT2D eigenvalue weighted by Gasteiger charge is 2.38. The zero-order valence-electron chi connectivity index (χ0n) is 19.9. The summed E-state index contributed by atoms with van der Waals surface area (Å²) in [5.74, 6) is 1.69. The van der Waals surface area contributed by atoms with Crippen molar-refractivity contribution in [3.05, 3.63) is 107 Å². The molecule has 0 fully saturated rings. The number of hydrogen-bond donors (Lipinski definition) is 1. The third kappa shape index (κ3) is 3.57. The number of ketones is 1. The van der Waals surface area contributed by atoms with E-state index in [1.165, 1.54) is 16.3 Å². The van der Waals surface area contributed by atoms with Crippen molar-refractivity contribution in [2.45, 2.75) is 24.8 Å². The molecule has 2 aliphatic rings. The van der Waals surface area contributed by atoms with Crippen LogP contribution in [0.5, 0.6) is 11.5 Å². The number of anilines is 1. The van der Waals surface area contributed by atoms with Crippen molar-refractivity contribution in [1.82, 2.24) is 0 Å². The summed E-state index contributed by atoms with van der Waals surface area (Å²) in [6.45, 7) is 0. The van der Waals surface area contributed by atoms with Gasteiger partial charge in [0, 0.05) is 23.2 Å². The molecule has 35 heavy (non-hydrogen) atoms. The van der Waals surface area contributed by atoms with Gasteiger partial charge in [-0.25, -0.2) is 0 Å². The van der Waals surface area contributed by atoms with Crippen LogP contribution in [-0.4, -0.2) is 20.0 Å². The van der Waals surface area contributed by atoms with Gasteiger partial charge in [0.25, 0.3) is 0 Å². The molecule has 4 heteroatoms. The van der Waals surface area contributed by atoms with Crippen LogP contribution in [0.1, 0.15) is 41.5 Å². The lowest BCUT2D eigenvalue weighted by molar-refractivity contribution is -0.116. The molecule has 0 spiro atoms. The molecule has 4 aromatic carbocycles. The fourth-order valence-corrected chi connectivity index (χ4v) is 5.69. The van der Waals surface area contributed by atoms with E-state index < -0.39 is 0 Å². The second kappa shape index (κ2) is 8.62. The van der Waals surface area contributed by atoms with Gasteiger partial charge >= 0.3 is 0 Å². The van der Waals surface area contributed by atoms with E-state index in [0.717, 1.165) is 34.4 Å². The largest absolute Gasteiger partial charge is 0.493 e. The lowest BCUT2D eigenvalue weighted by Gasteiger charge is -2.37. The second-order valence-electron chi connectivity index (χ2n) is 9.23. The number of ether oxygens (including phenoxy) is 2. The van der Waals surface area contributed by atoms with Crippen LogP contribution in [0, 0.1) is 0 Å². The number of Topliss-reactive ketones (excluding diaryl/α,β-unsaturated/α-hetero) is 1. The van der Waals surface area contributed by atoms with Gasteiger partial charge in [0.1, 0.15) is 0 Å². The maximum absolute atomic E-state index is 13.9. The molecular formula is C31H27NO3. The lowest BCUT2D eigenvalue weighted by Crippen LogP contribution is -2.29. The van der Waals surface area contributed by atoms with E-state index in [2.05, 4.69) is 66.0 Å². The van der Waals surface area contributed by atoms with Crippen LogP contribution < -0.4 is 14.8 Å². The minimum Gasteiger partial charge on any atom is -0.493 e. The molecule has 2 atom stereocenters. The zero-order chi connectivity index (χ0) is 23.9. The average molecular weight is 462 g/mol. The molecule has 174 valence electrons. The van der Waals surface area contributed by atoms with E-state index in [1.54, 1.807) is 14.2 Å². The molecule has 1 heterocycles. The van der Waals surface area contributed by atoms with Gasteiger partial charge in [-0.05, 0) is 58.0 Å². The number of methoxy groups -OCH3 is 2. The number of carbonyl (C=O) groups is 1. The van der Waals surface area contributed by atoms with E-state index in [1.807, 2.05) is 24.3 Å². The van der Waals surface area contributed by atoms with Gasteiger partial charge in [-0.1, -0.05) is 66.7 Å². The van der Waals surface area contributed by atoms with E-state index in [9.17, 15) is 4.79 Å². The summed E-state index contributed by atoms with van der Waals surface area (Å²) in [5, 5.41) is 6.06. The van der Waals surface area contributed by atoms with Crippen LogP contribution in [-0.2, 0) is 4.79 Å². The summed E-state index contributed by atoms with van der Waals surface area (Å²) in [5.41, 5.74) is 6.44. The molecular weight excluding hydrogens is 434 g/mol. The summed E-state index contributed by atoms with van der Waals surface area (Å²) < 4.78 is 11.0. The molecule has 0 radical (unpaired) electrons. The number of allylic oxidation sites excluding steroid dienone is 1. The molecule has 1 N–H and O–H groups in total. The highest BCUT2D eigenvalue weighted by Crippen LogP contribution is 2.51. The molecule has 1 aliphatic heterocycles. The highest BCUT2D eigenvalue weighted by molar-refractivity contribution is 6.13. The van der Waals surface area contributed by atoms with Crippen molar-refractivity contribution >= 4 is 27.8 Å². The predicted molar refractivity (Wildman–Crippen MR) is 140 cm³/mol. The van der Waals surface area contributed by atoms with Crippen LogP contribution in [0.4, 0.5) is 5.69 Å². The number of fused-ring (bicyclic) bond motifs is 4. The maximum Gasteiger partial charge on any atom is 0.162 e. The van der Waals surface area contributed by atoms with Crippen molar-refractivity contribution in [1.29, 1.82) is 0 Å². The summed E-state index contributed by atoms with van der Waals surface area (Å²) >= 11 is 0. The van der Waals surface area contributed by atoms with Gasteiger partial charge in [-0.3, -0.25) is 4.79 Å².